The minimum Gasteiger partial charge on any atom is -0.329 e. The summed E-state index contributed by atoms with van der Waals surface area (Å²) in [7, 11) is -1.88. The van der Waals surface area contributed by atoms with E-state index in [-0.39, 0.29) is 18.4 Å². The summed E-state index contributed by atoms with van der Waals surface area (Å²) in [6.07, 6.45) is 0. The number of hydrogen-bond acceptors (Lipinski definition) is 3. The summed E-state index contributed by atoms with van der Waals surface area (Å²) in [6, 6.07) is 5.12. The second-order valence-corrected chi connectivity index (χ2v) is 6.34. The van der Waals surface area contributed by atoms with Gasteiger partial charge in [-0.3, -0.25) is 0 Å². The maximum absolute atomic E-state index is 12.3. The Morgan fingerprint density at radius 3 is 2.33 bits per heavy atom. The van der Waals surface area contributed by atoms with Crippen molar-refractivity contribution in [3.8, 4) is 0 Å². The van der Waals surface area contributed by atoms with Crippen LogP contribution in [0.5, 0.6) is 0 Å². The van der Waals surface area contributed by atoms with Crippen molar-refractivity contribution < 1.29 is 8.42 Å². The van der Waals surface area contributed by atoms with Gasteiger partial charge < -0.3 is 5.73 Å². The normalized spacial score (nSPS) is 13.2. The van der Waals surface area contributed by atoms with Crippen LogP contribution in [0.4, 0.5) is 0 Å². The monoisotopic (exact) mass is 292 g/mol. The summed E-state index contributed by atoms with van der Waals surface area (Å²) in [5, 5.41) is 0. The first-order valence-corrected chi connectivity index (χ1v) is 7.00. The third-order valence-electron chi connectivity index (χ3n) is 2.95. The van der Waals surface area contributed by atoms with E-state index in [1.165, 1.54) is 4.31 Å². The largest absolute Gasteiger partial charge is 0.329 e. The molecule has 0 bridgehead atoms. The molecule has 0 amide bonds. The Kier molecular flexibility index (Phi) is 6.29. The summed E-state index contributed by atoms with van der Waals surface area (Å²) >= 11 is 0. The Morgan fingerprint density at radius 1 is 1.33 bits per heavy atom. The van der Waals surface area contributed by atoms with E-state index < -0.39 is 10.0 Å². The van der Waals surface area contributed by atoms with Crippen LogP contribution in [0.15, 0.2) is 23.1 Å². The van der Waals surface area contributed by atoms with E-state index in [1.807, 2.05) is 13.0 Å². The van der Waals surface area contributed by atoms with Gasteiger partial charge in [0, 0.05) is 19.6 Å². The maximum Gasteiger partial charge on any atom is 0.243 e. The third-order valence-corrected chi connectivity index (χ3v) is 5.08. The summed E-state index contributed by atoms with van der Waals surface area (Å²) in [6.45, 7) is 5.85. The SMILES string of the molecule is Cc1ccc(S(=O)(=O)N(C)C(C)CN)c(C)c1.Cl. The molecular weight excluding hydrogens is 272 g/mol. The highest BCUT2D eigenvalue weighted by atomic mass is 35.5. The fraction of sp³-hybridized carbons (Fsp3) is 0.500. The molecule has 1 unspecified atom stereocenters. The summed E-state index contributed by atoms with van der Waals surface area (Å²) in [4.78, 5) is 0.353. The van der Waals surface area contributed by atoms with Crippen LogP contribution in [0, 0.1) is 13.8 Å². The molecule has 0 aliphatic rings. The lowest BCUT2D eigenvalue weighted by Gasteiger charge is -2.23. The van der Waals surface area contributed by atoms with E-state index in [0.717, 1.165) is 11.1 Å². The molecule has 6 heteroatoms. The number of hydrogen-bond donors (Lipinski definition) is 1. The van der Waals surface area contributed by atoms with E-state index in [1.54, 1.807) is 33.0 Å². The first kappa shape index (κ1) is 17.4. The van der Waals surface area contributed by atoms with Gasteiger partial charge in [0.2, 0.25) is 10.0 Å². The lowest BCUT2D eigenvalue weighted by atomic mass is 10.2. The average Bonchev–Trinajstić information content (AvgIpc) is 2.26. The van der Waals surface area contributed by atoms with Gasteiger partial charge in [-0.15, -0.1) is 12.4 Å². The number of nitrogens with zero attached hydrogens (tertiary/aromatic N) is 1. The van der Waals surface area contributed by atoms with E-state index in [9.17, 15) is 8.42 Å². The standard InChI is InChI=1S/C12H20N2O2S.ClH/c1-9-5-6-12(10(2)7-9)17(15,16)14(4)11(3)8-13;/h5-7,11H,8,13H2,1-4H3;1H. The van der Waals surface area contributed by atoms with Gasteiger partial charge in [0.25, 0.3) is 0 Å². The van der Waals surface area contributed by atoms with Crippen molar-refractivity contribution >= 4 is 22.4 Å². The van der Waals surface area contributed by atoms with Gasteiger partial charge in [0.15, 0.2) is 0 Å². The predicted molar refractivity (Wildman–Crippen MR) is 76.6 cm³/mol. The molecule has 0 fully saturated rings. The van der Waals surface area contributed by atoms with Crippen molar-refractivity contribution in [1.82, 2.24) is 4.31 Å². The Balaban J connectivity index is 0.00000289. The molecule has 0 aromatic heterocycles. The van der Waals surface area contributed by atoms with Gasteiger partial charge in [0.1, 0.15) is 0 Å². The molecule has 1 rings (SSSR count). The minimum atomic E-state index is -3.44. The Bertz CT molecular complexity index is 503. The van der Waals surface area contributed by atoms with Crippen LogP contribution in [0.1, 0.15) is 18.1 Å². The molecule has 4 nitrogen and oxygen atoms in total. The van der Waals surface area contributed by atoms with Crippen LogP contribution in [-0.4, -0.2) is 32.4 Å². The summed E-state index contributed by atoms with van der Waals surface area (Å²) < 4.78 is 26.0. The molecule has 0 heterocycles. The molecule has 1 atom stereocenters. The van der Waals surface area contributed by atoms with E-state index in [2.05, 4.69) is 0 Å². The fourth-order valence-corrected chi connectivity index (χ4v) is 3.21. The topological polar surface area (TPSA) is 63.4 Å². The Hall–Kier alpha value is -0.620. The quantitative estimate of drug-likeness (QED) is 0.918. The smallest absolute Gasteiger partial charge is 0.243 e. The minimum absolute atomic E-state index is 0. The Morgan fingerprint density at radius 2 is 1.89 bits per heavy atom. The van der Waals surface area contributed by atoms with Crippen molar-refractivity contribution in [1.29, 1.82) is 0 Å². The van der Waals surface area contributed by atoms with Crippen molar-refractivity contribution in [2.75, 3.05) is 13.6 Å². The van der Waals surface area contributed by atoms with Gasteiger partial charge in [-0.1, -0.05) is 17.7 Å². The second kappa shape index (κ2) is 6.52. The van der Waals surface area contributed by atoms with E-state index >= 15 is 0 Å². The highest BCUT2D eigenvalue weighted by molar-refractivity contribution is 7.89. The third kappa shape index (κ3) is 3.45. The zero-order valence-corrected chi connectivity index (χ0v) is 12.8. The molecule has 0 saturated heterocycles. The molecule has 0 aliphatic carbocycles. The highest BCUT2D eigenvalue weighted by Crippen LogP contribution is 2.21. The predicted octanol–water partition coefficient (Wildman–Crippen LogP) is 1.69. The van der Waals surface area contributed by atoms with Crippen molar-refractivity contribution in [3.63, 3.8) is 0 Å². The number of sulfonamides is 1. The molecule has 0 aliphatic heterocycles. The molecule has 0 saturated carbocycles. The van der Waals surface area contributed by atoms with Gasteiger partial charge >= 0.3 is 0 Å². The van der Waals surface area contributed by atoms with E-state index in [0.29, 0.717) is 11.4 Å². The molecule has 104 valence electrons. The molecule has 0 spiro atoms. The highest BCUT2D eigenvalue weighted by Gasteiger charge is 2.25. The number of nitrogens with two attached hydrogens (primary N) is 1. The number of benzene rings is 1. The number of aryl methyl sites for hydroxylation is 2. The zero-order chi connectivity index (χ0) is 13.2. The van der Waals surface area contributed by atoms with E-state index in [4.69, 9.17) is 5.73 Å². The van der Waals surface area contributed by atoms with Crippen LogP contribution < -0.4 is 5.73 Å². The lowest BCUT2D eigenvalue weighted by molar-refractivity contribution is 0.394. The molecule has 18 heavy (non-hydrogen) atoms. The lowest BCUT2D eigenvalue weighted by Crippen LogP contribution is -2.39. The average molecular weight is 293 g/mol. The Labute approximate surface area is 116 Å². The maximum atomic E-state index is 12.3. The van der Waals surface area contributed by atoms with Gasteiger partial charge in [-0.2, -0.15) is 4.31 Å². The van der Waals surface area contributed by atoms with Crippen LogP contribution >= 0.6 is 12.4 Å². The van der Waals surface area contributed by atoms with Crippen LogP contribution in [0.25, 0.3) is 0 Å². The van der Waals surface area contributed by atoms with Crippen molar-refractivity contribution in [2.45, 2.75) is 31.7 Å². The van der Waals surface area contributed by atoms with Gasteiger partial charge in [0.05, 0.1) is 4.90 Å². The van der Waals surface area contributed by atoms with Crippen LogP contribution in [0.2, 0.25) is 0 Å². The van der Waals surface area contributed by atoms with Gasteiger partial charge in [-0.05, 0) is 32.4 Å². The number of rotatable bonds is 4. The van der Waals surface area contributed by atoms with Gasteiger partial charge in [-0.25, -0.2) is 8.42 Å². The molecule has 1 aromatic rings. The molecule has 2 N–H and O–H groups in total. The summed E-state index contributed by atoms with van der Waals surface area (Å²) in [5.41, 5.74) is 7.32. The summed E-state index contributed by atoms with van der Waals surface area (Å²) in [5.74, 6) is 0. The van der Waals surface area contributed by atoms with Crippen LogP contribution in [-0.2, 0) is 10.0 Å². The van der Waals surface area contributed by atoms with Crippen LogP contribution in [0.3, 0.4) is 0 Å². The first-order chi connectivity index (χ1) is 7.80. The number of halogens is 1. The number of likely N-dealkylation sites (N-methyl/N-ethyl adjacent to an activating group) is 1. The van der Waals surface area contributed by atoms with Crippen molar-refractivity contribution in [2.24, 2.45) is 5.73 Å². The second-order valence-electron chi connectivity index (χ2n) is 4.37. The molecule has 0 radical (unpaired) electrons. The first-order valence-electron chi connectivity index (χ1n) is 5.56. The van der Waals surface area contributed by atoms with Crippen molar-refractivity contribution in [3.05, 3.63) is 29.3 Å². The molecule has 1 aromatic carbocycles. The fourth-order valence-electron chi connectivity index (χ4n) is 1.63. The molecular formula is C12H21ClN2O2S. The zero-order valence-electron chi connectivity index (χ0n) is 11.2.